The van der Waals surface area contributed by atoms with Crippen molar-refractivity contribution in [3.63, 3.8) is 0 Å². The zero-order chi connectivity index (χ0) is 22.9. The van der Waals surface area contributed by atoms with Crippen LogP contribution in [-0.2, 0) is 5.41 Å². The van der Waals surface area contributed by atoms with Crippen LogP contribution in [0.5, 0.6) is 5.75 Å². The Morgan fingerprint density at radius 3 is 2.44 bits per heavy atom. The van der Waals surface area contributed by atoms with Crippen LogP contribution in [0.3, 0.4) is 0 Å². The number of carboxylic acids is 1. The molecule has 3 aromatic rings. The molecule has 0 saturated carbocycles. The second-order valence-electron chi connectivity index (χ2n) is 8.51. The van der Waals surface area contributed by atoms with Crippen LogP contribution in [0.2, 0.25) is 0 Å². The summed E-state index contributed by atoms with van der Waals surface area (Å²) < 4.78 is 5.16. The van der Waals surface area contributed by atoms with Gasteiger partial charge >= 0.3 is 5.97 Å². The summed E-state index contributed by atoms with van der Waals surface area (Å²) in [5, 5.41) is 12.1. The number of nitrogens with one attached hydrogen (secondary N) is 1. The summed E-state index contributed by atoms with van der Waals surface area (Å²) in [5.41, 5.74) is 5.53. The topological polar surface area (TPSA) is 75.6 Å². The molecule has 0 fully saturated rings. The van der Waals surface area contributed by atoms with Gasteiger partial charge in [0, 0.05) is 17.3 Å². The van der Waals surface area contributed by atoms with E-state index in [2.05, 4.69) is 37.4 Å². The van der Waals surface area contributed by atoms with Crippen molar-refractivity contribution in [1.29, 1.82) is 0 Å². The molecule has 0 aromatic heterocycles. The number of aromatic carboxylic acids is 1. The van der Waals surface area contributed by atoms with Gasteiger partial charge in [0.05, 0.1) is 7.11 Å². The van der Waals surface area contributed by atoms with E-state index >= 15 is 0 Å². The molecule has 4 rings (SSSR count). The van der Waals surface area contributed by atoms with Crippen molar-refractivity contribution >= 4 is 23.1 Å². The molecule has 0 radical (unpaired) electrons. The second-order valence-corrected chi connectivity index (χ2v) is 8.51. The number of amides is 1. The first-order valence-electron chi connectivity index (χ1n) is 10.4. The van der Waals surface area contributed by atoms with Crippen LogP contribution in [0.15, 0.2) is 72.8 Å². The maximum absolute atomic E-state index is 13.0. The standard InChI is InChI=1S/C27H25NO4/c1-27(2)14-13-20(17-7-5-4-6-8-17)22-15-18(9-12-23(22)27)25(29)28-19-10-11-21(26(30)31)24(16-19)32-3/h4-13,15-16H,14H2,1-3H3,(H,28,29)(H,30,31). The predicted molar refractivity (Wildman–Crippen MR) is 126 cm³/mol. The van der Waals surface area contributed by atoms with Gasteiger partial charge in [0.25, 0.3) is 5.91 Å². The molecule has 2 N–H and O–H groups in total. The third-order valence-electron chi connectivity index (χ3n) is 5.89. The van der Waals surface area contributed by atoms with E-state index < -0.39 is 5.97 Å². The number of fused-ring (bicyclic) bond motifs is 1. The first-order valence-corrected chi connectivity index (χ1v) is 10.4. The molecule has 0 aliphatic heterocycles. The van der Waals surface area contributed by atoms with E-state index in [9.17, 15) is 14.7 Å². The molecule has 0 heterocycles. The maximum atomic E-state index is 13.0. The molecule has 3 aromatic carbocycles. The lowest BCUT2D eigenvalue weighted by atomic mass is 9.72. The fourth-order valence-corrected chi connectivity index (χ4v) is 4.12. The average molecular weight is 428 g/mol. The van der Waals surface area contributed by atoms with Crippen molar-refractivity contribution in [2.45, 2.75) is 25.7 Å². The van der Waals surface area contributed by atoms with E-state index in [0.717, 1.165) is 23.1 Å². The Morgan fingerprint density at radius 2 is 1.75 bits per heavy atom. The lowest BCUT2D eigenvalue weighted by Crippen LogP contribution is -2.23. The van der Waals surface area contributed by atoms with Gasteiger partial charge in [-0.2, -0.15) is 0 Å². The number of carboxylic acid groups (broad SMARTS) is 1. The Morgan fingerprint density at radius 1 is 1.00 bits per heavy atom. The molecule has 0 bridgehead atoms. The Labute approximate surface area is 187 Å². The Kier molecular flexibility index (Phi) is 5.57. The third kappa shape index (κ3) is 4.02. The lowest BCUT2D eigenvalue weighted by molar-refractivity contribution is 0.0693. The Hall–Kier alpha value is -3.86. The molecule has 1 aliphatic rings. The molecule has 0 spiro atoms. The van der Waals surface area contributed by atoms with Crippen molar-refractivity contribution in [2.75, 3.05) is 12.4 Å². The van der Waals surface area contributed by atoms with E-state index in [4.69, 9.17) is 4.74 Å². The minimum absolute atomic E-state index is 0.0251. The van der Waals surface area contributed by atoms with E-state index in [0.29, 0.717) is 11.3 Å². The van der Waals surface area contributed by atoms with Gasteiger partial charge < -0.3 is 15.2 Å². The van der Waals surface area contributed by atoms with E-state index in [-0.39, 0.29) is 22.6 Å². The summed E-state index contributed by atoms with van der Waals surface area (Å²) in [5.74, 6) is -1.16. The quantitative estimate of drug-likeness (QED) is 0.543. The SMILES string of the molecule is COc1cc(NC(=O)c2ccc3c(c2)C(c2ccccc2)=CCC3(C)C)ccc1C(=O)O. The molecular formula is C27H25NO4. The average Bonchev–Trinajstić information content (AvgIpc) is 2.79. The van der Waals surface area contributed by atoms with Crippen LogP contribution < -0.4 is 10.1 Å². The number of rotatable bonds is 5. The zero-order valence-electron chi connectivity index (χ0n) is 18.3. The summed E-state index contributed by atoms with van der Waals surface area (Å²) in [6.45, 7) is 4.42. The molecule has 0 saturated heterocycles. The van der Waals surface area contributed by atoms with Gasteiger partial charge in [0.1, 0.15) is 11.3 Å². The number of carbonyl (C=O) groups is 2. The number of benzene rings is 3. The second kappa shape index (κ2) is 8.35. The highest BCUT2D eigenvalue weighted by atomic mass is 16.5. The summed E-state index contributed by atoms with van der Waals surface area (Å²) in [7, 11) is 1.40. The van der Waals surface area contributed by atoms with Crippen LogP contribution in [-0.4, -0.2) is 24.1 Å². The van der Waals surface area contributed by atoms with E-state index in [1.807, 2.05) is 36.4 Å². The molecule has 5 heteroatoms. The number of methoxy groups -OCH3 is 1. The highest BCUT2D eigenvalue weighted by Gasteiger charge is 2.29. The van der Waals surface area contributed by atoms with Crippen LogP contribution >= 0.6 is 0 Å². The van der Waals surface area contributed by atoms with Gasteiger partial charge in [-0.3, -0.25) is 4.79 Å². The lowest BCUT2D eigenvalue weighted by Gasteiger charge is -2.32. The Bertz CT molecular complexity index is 1230. The van der Waals surface area contributed by atoms with Gasteiger partial charge in [-0.1, -0.05) is 56.3 Å². The number of ether oxygens (including phenoxy) is 1. The molecule has 162 valence electrons. The number of anilines is 1. The fourth-order valence-electron chi connectivity index (χ4n) is 4.12. The largest absolute Gasteiger partial charge is 0.496 e. The number of allylic oxidation sites excluding steroid dienone is 1. The van der Waals surface area contributed by atoms with Crippen molar-refractivity contribution < 1.29 is 19.4 Å². The normalized spacial score (nSPS) is 14.2. The smallest absolute Gasteiger partial charge is 0.339 e. The highest BCUT2D eigenvalue weighted by molar-refractivity contribution is 6.05. The molecular weight excluding hydrogens is 402 g/mol. The summed E-state index contributed by atoms with van der Waals surface area (Å²) in [6, 6.07) is 20.5. The van der Waals surface area contributed by atoms with Gasteiger partial charge in [0.15, 0.2) is 0 Å². The predicted octanol–water partition coefficient (Wildman–Crippen LogP) is 5.76. The number of hydrogen-bond acceptors (Lipinski definition) is 3. The molecule has 1 aliphatic carbocycles. The number of carbonyl (C=O) groups excluding carboxylic acids is 1. The van der Waals surface area contributed by atoms with Crippen LogP contribution in [0.25, 0.3) is 5.57 Å². The number of hydrogen-bond donors (Lipinski definition) is 2. The van der Waals surface area contributed by atoms with Gasteiger partial charge in [-0.05, 0) is 58.4 Å². The first-order chi connectivity index (χ1) is 15.3. The van der Waals surface area contributed by atoms with Crippen molar-refractivity contribution in [3.05, 3.63) is 101 Å². The minimum Gasteiger partial charge on any atom is -0.496 e. The molecule has 5 nitrogen and oxygen atoms in total. The summed E-state index contributed by atoms with van der Waals surface area (Å²) in [6.07, 6.45) is 3.17. The maximum Gasteiger partial charge on any atom is 0.339 e. The molecule has 0 unspecified atom stereocenters. The van der Waals surface area contributed by atoms with Gasteiger partial charge in [0.2, 0.25) is 0 Å². The van der Waals surface area contributed by atoms with Crippen LogP contribution in [0.4, 0.5) is 5.69 Å². The van der Waals surface area contributed by atoms with Crippen molar-refractivity contribution in [1.82, 2.24) is 0 Å². The summed E-state index contributed by atoms with van der Waals surface area (Å²) >= 11 is 0. The first kappa shape index (κ1) is 21.4. The monoisotopic (exact) mass is 427 g/mol. The van der Waals surface area contributed by atoms with E-state index in [1.54, 1.807) is 6.07 Å². The van der Waals surface area contributed by atoms with Crippen LogP contribution in [0, 0.1) is 0 Å². The fraction of sp³-hybridized carbons (Fsp3) is 0.185. The highest BCUT2D eigenvalue weighted by Crippen LogP contribution is 2.41. The van der Waals surface area contributed by atoms with Crippen LogP contribution in [0.1, 0.15) is 57.7 Å². The van der Waals surface area contributed by atoms with Gasteiger partial charge in [-0.15, -0.1) is 0 Å². The van der Waals surface area contributed by atoms with Gasteiger partial charge in [-0.25, -0.2) is 4.79 Å². The molecule has 1 amide bonds. The van der Waals surface area contributed by atoms with Crippen molar-refractivity contribution in [3.8, 4) is 5.75 Å². The Balaban J connectivity index is 1.68. The van der Waals surface area contributed by atoms with E-state index in [1.165, 1.54) is 24.8 Å². The third-order valence-corrected chi connectivity index (χ3v) is 5.89. The van der Waals surface area contributed by atoms with Crippen molar-refractivity contribution in [2.24, 2.45) is 0 Å². The minimum atomic E-state index is -1.09. The molecule has 32 heavy (non-hydrogen) atoms. The summed E-state index contributed by atoms with van der Waals surface area (Å²) in [4.78, 5) is 24.3. The zero-order valence-corrected chi connectivity index (χ0v) is 18.3. The molecule has 0 atom stereocenters.